The number of hydrogen-bond donors (Lipinski definition) is 0. The van der Waals surface area contributed by atoms with Crippen molar-refractivity contribution < 1.29 is 9.47 Å². The van der Waals surface area contributed by atoms with Crippen LogP contribution in [0.5, 0.6) is 11.5 Å². The molecule has 1 fully saturated rings. The number of piperidine rings is 1. The lowest BCUT2D eigenvalue weighted by atomic mass is 9.99. The highest BCUT2D eigenvalue weighted by Crippen LogP contribution is 2.23. The first-order valence-corrected chi connectivity index (χ1v) is 8.07. The molecule has 23 heavy (non-hydrogen) atoms. The van der Waals surface area contributed by atoms with Crippen LogP contribution in [0.25, 0.3) is 0 Å². The van der Waals surface area contributed by atoms with E-state index in [1.165, 1.54) is 6.42 Å². The molecule has 0 unspecified atom stereocenters. The molecule has 0 N–H and O–H groups in total. The summed E-state index contributed by atoms with van der Waals surface area (Å²) in [6, 6.07) is 11.8. The maximum Gasteiger partial charge on any atom is 0.151 e. The molecule has 0 saturated carbocycles. The fraction of sp³-hybridized carbons (Fsp3) is 0.444. The molecule has 2 aromatic rings. The lowest BCUT2D eigenvalue weighted by Crippen LogP contribution is -2.38. The lowest BCUT2D eigenvalue weighted by Gasteiger charge is -2.33. The van der Waals surface area contributed by atoms with E-state index in [9.17, 15) is 0 Å². The van der Waals surface area contributed by atoms with Crippen molar-refractivity contribution in [3.05, 3.63) is 42.1 Å². The molecule has 1 atom stereocenters. The molecular weight excluding hydrogens is 290 g/mol. The number of nitrogens with zero attached hydrogens (tertiary/aromatic N) is 3. The SMILES string of the molecule is COc1ccc(OC[C@@H]2CCCN(c3ccc(C)nn3)C2)cc1. The third-order valence-electron chi connectivity index (χ3n) is 4.17. The Morgan fingerprint density at radius 3 is 2.57 bits per heavy atom. The Morgan fingerprint density at radius 1 is 1.09 bits per heavy atom. The summed E-state index contributed by atoms with van der Waals surface area (Å²) in [5.41, 5.74) is 0.949. The van der Waals surface area contributed by atoms with E-state index in [0.29, 0.717) is 5.92 Å². The molecule has 0 spiro atoms. The molecule has 1 aliphatic rings. The van der Waals surface area contributed by atoms with Crippen LogP contribution in [0.3, 0.4) is 0 Å². The summed E-state index contributed by atoms with van der Waals surface area (Å²) in [6.07, 6.45) is 2.35. The zero-order valence-electron chi connectivity index (χ0n) is 13.7. The van der Waals surface area contributed by atoms with Crippen molar-refractivity contribution in [3.8, 4) is 11.5 Å². The summed E-state index contributed by atoms with van der Waals surface area (Å²) in [5.74, 6) is 3.20. The first-order chi connectivity index (χ1) is 11.2. The number of ether oxygens (including phenoxy) is 2. The number of aromatic nitrogens is 2. The van der Waals surface area contributed by atoms with E-state index in [1.54, 1.807) is 7.11 Å². The van der Waals surface area contributed by atoms with Crippen LogP contribution < -0.4 is 14.4 Å². The van der Waals surface area contributed by atoms with E-state index >= 15 is 0 Å². The van der Waals surface area contributed by atoms with Gasteiger partial charge in [-0.1, -0.05) is 0 Å². The van der Waals surface area contributed by atoms with Crippen LogP contribution in [0.1, 0.15) is 18.5 Å². The second-order valence-electron chi connectivity index (χ2n) is 5.97. The number of methoxy groups -OCH3 is 1. The molecule has 1 aliphatic heterocycles. The highest BCUT2D eigenvalue weighted by atomic mass is 16.5. The highest BCUT2D eigenvalue weighted by molar-refractivity contribution is 5.37. The van der Waals surface area contributed by atoms with E-state index in [2.05, 4.69) is 21.2 Å². The van der Waals surface area contributed by atoms with Gasteiger partial charge in [0.15, 0.2) is 5.82 Å². The Labute approximate surface area is 137 Å². The number of hydrogen-bond acceptors (Lipinski definition) is 5. The van der Waals surface area contributed by atoms with Crippen molar-refractivity contribution in [1.82, 2.24) is 10.2 Å². The standard InChI is InChI=1S/C18H23N3O2/c1-14-5-10-18(20-19-14)21-11-3-4-15(12-21)13-23-17-8-6-16(22-2)7-9-17/h5-10,15H,3-4,11-13H2,1-2H3/t15-/m1/s1. The average Bonchev–Trinajstić information content (AvgIpc) is 2.61. The maximum atomic E-state index is 5.93. The minimum atomic E-state index is 0.508. The van der Waals surface area contributed by atoms with Crippen LogP contribution in [0.2, 0.25) is 0 Å². The molecule has 1 aromatic carbocycles. The van der Waals surface area contributed by atoms with Crippen LogP contribution in [0.4, 0.5) is 5.82 Å². The van der Waals surface area contributed by atoms with E-state index < -0.39 is 0 Å². The van der Waals surface area contributed by atoms with Crippen molar-refractivity contribution in [3.63, 3.8) is 0 Å². The zero-order valence-corrected chi connectivity index (χ0v) is 13.7. The van der Waals surface area contributed by atoms with Gasteiger partial charge in [0.2, 0.25) is 0 Å². The summed E-state index contributed by atoms with van der Waals surface area (Å²) in [6.45, 7) is 4.69. The van der Waals surface area contributed by atoms with Crippen LogP contribution >= 0.6 is 0 Å². The summed E-state index contributed by atoms with van der Waals surface area (Å²) < 4.78 is 11.1. The smallest absolute Gasteiger partial charge is 0.151 e. The monoisotopic (exact) mass is 313 g/mol. The quantitative estimate of drug-likeness (QED) is 0.849. The van der Waals surface area contributed by atoms with Gasteiger partial charge >= 0.3 is 0 Å². The van der Waals surface area contributed by atoms with Crippen LogP contribution in [0.15, 0.2) is 36.4 Å². The highest BCUT2D eigenvalue weighted by Gasteiger charge is 2.21. The number of aryl methyl sites for hydroxylation is 1. The van der Waals surface area contributed by atoms with Gasteiger partial charge in [0.05, 0.1) is 19.4 Å². The maximum absolute atomic E-state index is 5.93. The number of anilines is 1. The summed E-state index contributed by atoms with van der Waals surface area (Å²) in [7, 11) is 1.67. The summed E-state index contributed by atoms with van der Waals surface area (Å²) in [4.78, 5) is 2.30. The Hall–Kier alpha value is -2.30. The van der Waals surface area contributed by atoms with Gasteiger partial charge in [0.25, 0.3) is 0 Å². The van der Waals surface area contributed by atoms with E-state index in [-0.39, 0.29) is 0 Å². The first-order valence-electron chi connectivity index (χ1n) is 8.07. The lowest BCUT2D eigenvalue weighted by molar-refractivity contribution is 0.228. The molecule has 1 saturated heterocycles. The predicted molar refractivity (Wildman–Crippen MR) is 90.2 cm³/mol. The molecule has 2 heterocycles. The van der Waals surface area contributed by atoms with Crippen molar-refractivity contribution in [2.75, 3.05) is 31.7 Å². The van der Waals surface area contributed by atoms with E-state index in [4.69, 9.17) is 9.47 Å². The van der Waals surface area contributed by atoms with Gasteiger partial charge in [0, 0.05) is 19.0 Å². The zero-order chi connectivity index (χ0) is 16.1. The minimum Gasteiger partial charge on any atom is -0.497 e. The summed E-state index contributed by atoms with van der Waals surface area (Å²) in [5, 5.41) is 8.45. The van der Waals surface area contributed by atoms with Crippen LogP contribution in [-0.4, -0.2) is 37.0 Å². The Bertz CT molecular complexity index is 613. The molecule has 0 radical (unpaired) electrons. The normalized spacial score (nSPS) is 17.8. The van der Waals surface area contributed by atoms with Gasteiger partial charge < -0.3 is 14.4 Å². The van der Waals surface area contributed by atoms with Gasteiger partial charge in [-0.25, -0.2) is 0 Å². The molecule has 122 valence electrons. The second kappa shape index (κ2) is 7.31. The van der Waals surface area contributed by atoms with Crippen molar-refractivity contribution >= 4 is 5.82 Å². The molecule has 0 amide bonds. The fourth-order valence-corrected chi connectivity index (χ4v) is 2.86. The van der Waals surface area contributed by atoms with Gasteiger partial charge in [0.1, 0.15) is 11.5 Å². The fourth-order valence-electron chi connectivity index (χ4n) is 2.86. The van der Waals surface area contributed by atoms with Gasteiger partial charge in [-0.2, -0.15) is 5.10 Å². The molecule has 1 aromatic heterocycles. The first kappa shape index (κ1) is 15.6. The van der Waals surface area contributed by atoms with Crippen molar-refractivity contribution in [2.45, 2.75) is 19.8 Å². The topological polar surface area (TPSA) is 47.5 Å². The average molecular weight is 313 g/mol. The minimum absolute atomic E-state index is 0.508. The molecule has 0 aliphatic carbocycles. The molecule has 5 heteroatoms. The van der Waals surface area contributed by atoms with Gasteiger partial charge in [-0.15, -0.1) is 5.10 Å². The third-order valence-corrected chi connectivity index (χ3v) is 4.17. The summed E-state index contributed by atoms with van der Waals surface area (Å²) >= 11 is 0. The Morgan fingerprint density at radius 2 is 1.87 bits per heavy atom. The molecule has 3 rings (SSSR count). The van der Waals surface area contributed by atoms with Crippen LogP contribution in [0, 0.1) is 12.8 Å². The predicted octanol–water partition coefficient (Wildman–Crippen LogP) is 3.09. The van der Waals surface area contributed by atoms with E-state index in [0.717, 1.165) is 49.1 Å². The Kier molecular flexibility index (Phi) is 4.95. The number of rotatable bonds is 5. The Balaban J connectivity index is 1.54. The number of benzene rings is 1. The van der Waals surface area contributed by atoms with E-state index in [1.807, 2.05) is 37.3 Å². The largest absolute Gasteiger partial charge is 0.497 e. The van der Waals surface area contributed by atoms with Gasteiger partial charge in [-0.05, 0) is 56.2 Å². The molecule has 0 bridgehead atoms. The molecular formula is C18H23N3O2. The third kappa shape index (κ3) is 4.12. The van der Waals surface area contributed by atoms with Crippen molar-refractivity contribution in [2.24, 2.45) is 5.92 Å². The van der Waals surface area contributed by atoms with Crippen molar-refractivity contribution in [1.29, 1.82) is 0 Å². The second-order valence-corrected chi connectivity index (χ2v) is 5.97. The van der Waals surface area contributed by atoms with Crippen LogP contribution in [-0.2, 0) is 0 Å². The van der Waals surface area contributed by atoms with Gasteiger partial charge in [-0.3, -0.25) is 0 Å². The molecule has 5 nitrogen and oxygen atoms in total.